The van der Waals surface area contributed by atoms with Crippen LogP contribution in [0.3, 0.4) is 0 Å². The number of methoxy groups -OCH3 is 1. The van der Waals surface area contributed by atoms with Crippen molar-refractivity contribution in [3.63, 3.8) is 0 Å². The Labute approximate surface area is 149 Å². The number of piperidine rings is 1. The van der Waals surface area contributed by atoms with Gasteiger partial charge in [0.15, 0.2) is 0 Å². The smallest absolute Gasteiger partial charge is 0.234 e. The lowest BCUT2D eigenvalue weighted by Crippen LogP contribution is -2.41. The molecule has 4 nitrogen and oxygen atoms in total. The average Bonchev–Trinajstić information content (AvgIpc) is 2.68. The minimum atomic E-state index is -0.149. The molecule has 132 valence electrons. The predicted molar refractivity (Wildman–Crippen MR) is 99.7 cm³/mol. The molecule has 25 heavy (non-hydrogen) atoms. The van der Waals surface area contributed by atoms with Gasteiger partial charge in [-0.15, -0.1) is 0 Å². The maximum Gasteiger partial charge on any atom is 0.234 e. The van der Waals surface area contributed by atoms with Crippen LogP contribution in [0.25, 0.3) is 0 Å². The Bertz CT molecular complexity index is 664. The van der Waals surface area contributed by atoms with E-state index in [4.69, 9.17) is 4.74 Å². The van der Waals surface area contributed by atoms with Gasteiger partial charge in [-0.2, -0.15) is 0 Å². The summed E-state index contributed by atoms with van der Waals surface area (Å²) in [6, 6.07) is 17.8. The first-order valence-corrected chi connectivity index (χ1v) is 8.97. The molecule has 2 aromatic carbocycles. The molecule has 1 heterocycles. The molecule has 0 aliphatic carbocycles. The molecule has 2 aromatic rings. The number of hydrogen-bond donors (Lipinski definition) is 1. The minimum absolute atomic E-state index is 0.0755. The molecule has 0 radical (unpaired) electrons. The van der Waals surface area contributed by atoms with Gasteiger partial charge < -0.3 is 10.1 Å². The van der Waals surface area contributed by atoms with Gasteiger partial charge in [-0.25, -0.2) is 0 Å². The number of carbonyl (C=O) groups is 1. The molecule has 0 spiro atoms. The number of likely N-dealkylation sites (tertiary alicyclic amines) is 1. The van der Waals surface area contributed by atoms with E-state index in [2.05, 4.69) is 22.3 Å². The van der Waals surface area contributed by atoms with Gasteiger partial charge in [0.05, 0.1) is 19.7 Å². The number of benzene rings is 2. The van der Waals surface area contributed by atoms with E-state index in [0.29, 0.717) is 6.54 Å². The normalized spacial score (nSPS) is 16.2. The third-order valence-corrected chi connectivity index (χ3v) is 4.70. The highest BCUT2D eigenvalue weighted by Gasteiger charge is 2.19. The summed E-state index contributed by atoms with van der Waals surface area (Å²) in [5.41, 5.74) is 2.14. The molecule has 4 heteroatoms. The van der Waals surface area contributed by atoms with E-state index >= 15 is 0 Å². The lowest BCUT2D eigenvalue weighted by atomic mass is 9.98. The first-order valence-electron chi connectivity index (χ1n) is 8.97. The van der Waals surface area contributed by atoms with Crippen molar-refractivity contribution < 1.29 is 9.53 Å². The second kappa shape index (κ2) is 8.67. The molecule has 1 aliphatic heterocycles. The van der Waals surface area contributed by atoms with Gasteiger partial charge in [0.1, 0.15) is 5.75 Å². The van der Waals surface area contributed by atoms with Crippen LogP contribution in [-0.4, -0.2) is 37.6 Å². The Kier molecular flexibility index (Phi) is 6.07. The molecule has 0 saturated carbocycles. The third-order valence-electron chi connectivity index (χ3n) is 4.70. The van der Waals surface area contributed by atoms with E-state index < -0.39 is 0 Å². The number of nitrogens with one attached hydrogen (secondary N) is 1. The van der Waals surface area contributed by atoms with Crippen molar-refractivity contribution in [2.45, 2.75) is 25.3 Å². The van der Waals surface area contributed by atoms with Gasteiger partial charge in [0, 0.05) is 0 Å². The number of ether oxygens (including phenoxy) is 1. The Hall–Kier alpha value is -2.33. The molecule has 0 aromatic heterocycles. The highest BCUT2D eigenvalue weighted by atomic mass is 16.5. The second-order valence-electron chi connectivity index (χ2n) is 6.52. The SMILES string of the molecule is COc1ccc([C@H](NC(=O)CN2CCCCC2)c2ccccc2)cc1. The van der Waals surface area contributed by atoms with Crippen molar-refractivity contribution >= 4 is 5.91 Å². The van der Waals surface area contributed by atoms with E-state index in [1.807, 2.05) is 42.5 Å². The topological polar surface area (TPSA) is 41.6 Å². The first-order chi connectivity index (χ1) is 12.3. The largest absolute Gasteiger partial charge is 0.497 e. The third kappa shape index (κ3) is 4.83. The summed E-state index contributed by atoms with van der Waals surface area (Å²) in [6.45, 7) is 2.51. The zero-order valence-electron chi connectivity index (χ0n) is 14.8. The predicted octanol–water partition coefficient (Wildman–Crippen LogP) is 3.39. The summed E-state index contributed by atoms with van der Waals surface area (Å²) in [7, 11) is 1.66. The molecule has 0 unspecified atom stereocenters. The summed E-state index contributed by atoms with van der Waals surface area (Å²) in [5.74, 6) is 0.891. The van der Waals surface area contributed by atoms with E-state index in [1.54, 1.807) is 7.11 Å². The zero-order valence-corrected chi connectivity index (χ0v) is 14.8. The fourth-order valence-electron chi connectivity index (χ4n) is 3.33. The molecule has 3 rings (SSSR count). The van der Waals surface area contributed by atoms with Crippen molar-refractivity contribution in [2.75, 3.05) is 26.7 Å². The minimum Gasteiger partial charge on any atom is -0.497 e. The molecule has 1 N–H and O–H groups in total. The lowest BCUT2D eigenvalue weighted by molar-refractivity contribution is -0.123. The van der Waals surface area contributed by atoms with Crippen LogP contribution in [0.5, 0.6) is 5.75 Å². The van der Waals surface area contributed by atoms with E-state index in [9.17, 15) is 4.79 Å². The monoisotopic (exact) mass is 338 g/mol. The molecule has 1 atom stereocenters. The van der Waals surface area contributed by atoms with Crippen LogP contribution >= 0.6 is 0 Å². The molecule has 1 fully saturated rings. The van der Waals surface area contributed by atoms with Crippen molar-refractivity contribution in [1.29, 1.82) is 0 Å². The van der Waals surface area contributed by atoms with E-state index in [0.717, 1.165) is 30.0 Å². The number of rotatable bonds is 6. The highest BCUT2D eigenvalue weighted by Crippen LogP contribution is 2.24. The maximum absolute atomic E-state index is 12.6. The van der Waals surface area contributed by atoms with Crippen molar-refractivity contribution in [2.24, 2.45) is 0 Å². The van der Waals surface area contributed by atoms with Crippen molar-refractivity contribution in [1.82, 2.24) is 10.2 Å². The van der Waals surface area contributed by atoms with E-state index in [-0.39, 0.29) is 11.9 Å². The Morgan fingerprint density at radius 1 is 1.00 bits per heavy atom. The Balaban J connectivity index is 1.75. The summed E-state index contributed by atoms with van der Waals surface area (Å²) < 4.78 is 5.24. The standard InChI is InChI=1S/C21H26N2O2/c1-25-19-12-10-18(11-13-19)21(17-8-4-2-5-9-17)22-20(24)16-23-14-6-3-7-15-23/h2,4-5,8-13,21H,3,6-7,14-16H2,1H3,(H,22,24)/t21-/m1/s1. The average molecular weight is 338 g/mol. The highest BCUT2D eigenvalue weighted by molar-refractivity contribution is 5.79. The van der Waals surface area contributed by atoms with E-state index in [1.165, 1.54) is 19.3 Å². The van der Waals surface area contributed by atoms with Crippen LogP contribution in [-0.2, 0) is 4.79 Å². The fraction of sp³-hybridized carbons (Fsp3) is 0.381. The molecular formula is C21H26N2O2. The molecular weight excluding hydrogens is 312 g/mol. The van der Waals surface area contributed by atoms with Gasteiger partial charge >= 0.3 is 0 Å². The molecule has 1 amide bonds. The molecule has 0 bridgehead atoms. The number of amides is 1. The van der Waals surface area contributed by atoms with Crippen molar-refractivity contribution in [3.8, 4) is 5.75 Å². The Morgan fingerprint density at radius 2 is 1.64 bits per heavy atom. The maximum atomic E-state index is 12.6. The summed E-state index contributed by atoms with van der Waals surface area (Å²) >= 11 is 0. The number of nitrogens with zero attached hydrogens (tertiary/aromatic N) is 1. The second-order valence-corrected chi connectivity index (χ2v) is 6.52. The van der Waals surface area contributed by atoms with Crippen LogP contribution in [0, 0.1) is 0 Å². The van der Waals surface area contributed by atoms with Crippen LogP contribution in [0.2, 0.25) is 0 Å². The van der Waals surface area contributed by atoms with Gasteiger partial charge in [0.25, 0.3) is 0 Å². The van der Waals surface area contributed by atoms with Gasteiger partial charge in [-0.3, -0.25) is 9.69 Å². The number of hydrogen-bond acceptors (Lipinski definition) is 3. The lowest BCUT2D eigenvalue weighted by Gasteiger charge is -2.27. The van der Waals surface area contributed by atoms with Crippen molar-refractivity contribution in [3.05, 3.63) is 65.7 Å². The van der Waals surface area contributed by atoms with Gasteiger partial charge in [-0.05, 0) is 49.2 Å². The quantitative estimate of drug-likeness (QED) is 0.878. The Morgan fingerprint density at radius 3 is 2.28 bits per heavy atom. The van der Waals surface area contributed by atoms with Crippen LogP contribution in [0.4, 0.5) is 0 Å². The van der Waals surface area contributed by atoms with Crippen LogP contribution < -0.4 is 10.1 Å². The van der Waals surface area contributed by atoms with Crippen LogP contribution in [0.15, 0.2) is 54.6 Å². The van der Waals surface area contributed by atoms with Gasteiger partial charge in [0.2, 0.25) is 5.91 Å². The summed E-state index contributed by atoms with van der Waals surface area (Å²) in [6.07, 6.45) is 3.65. The first kappa shape index (κ1) is 17.5. The summed E-state index contributed by atoms with van der Waals surface area (Å²) in [4.78, 5) is 14.9. The van der Waals surface area contributed by atoms with Gasteiger partial charge in [-0.1, -0.05) is 48.9 Å². The van der Waals surface area contributed by atoms with Crippen LogP contribution in [0.1, 0.15) is 36.4 Å². The summed E-state index contributed by atoms with van der Waals surface area (Å²) in [5, 5.41) is 3.21. The molecule has 1 saturated heterocycles. The number of carbonyl (C=O) groups excluding carboxylic acids is 1. The molecule has 1 aliphatic rings. The fourth-order valence-corrected chi connectivity index (χ4v) is 3.33. The zero-order chi connectivity index (χ0) is 17.5.